The van der Waals surface area contributed by atoms with Crippen LogP contribution in [0.15, 0.2) is 9.85 Å². The quantitative estimate of drug-likeness (QED) is 0.703. The van der Waals surface area contributed by atoms with Crippen molar-refractivity contribution < 1.29 is 4.74 Å². The minimum absolute atomic E-state index is 0.0269. The van der Waals surface area contributed by atoms with Crippen molar-refractivity contribution in [3.63, 3.8) is 0 Å². The van der Waals surface area contributed by atoms with Gasteiger partial charge < -0.3 is 4.74 Å². The van der Waals surface area contributed by atoms with Crippen LogP contribution in [0.25, 0.3) is 0 Å². The highest BCUT2D eigenvalue weighted by molar-refractivity contribution is 9.11. The summed E-state index contributed by atoms with van der Waals surface area (Å²) in [4.78, 5) is 1.13. The maximum absolute atomic E-state index is 6.42. The fourth-order valence-electron chi connectivity index (χ4n) is 1.73. The number of ether oxygens (including phenoxy) is 1. The third-order valence-corrected chi connectivity index (χ3v) is 5.82. The molecule has 1 aliphatic heterocycles. The SMILES string of the molecule is Clc1cc(C(Cl)C2CCCOC2)sc1Br. The molecule has 1 fully saturated rings. The Bertz CT molecular complexity index is 317. The first-order valence-corrected chi connectivity index (χ1v) is 7.27. The second kappa shape index (κ2) is 5.37. The number of hydrogen-bond donors (Lipinski definition) is 0. The van der Waals surface area contributed by atoms with E-state index in [-0.39, 0.29) is 5.38 Å². The fourth-order valence-corrected chi connectivity index (χ4v) is 3.94. The van der Waals surface area contributed by atoms with E-state index in [9.17, 15) is 0 Å². The Morgan fingerprint density at radius 3 is 2.93 bits per heavy atom. The number of rotatable bonds is 2. The largest absolute Gasteiger partial charge is 0.381 e. The van der Waals surface area contributed by atoms with Gasteiger partial charge in [-0.1, -0.05) is 11.6 Å². The van der Waals surface area contributed by atoms with Crippen molar-refractivity contribution in [1.29, 1.82) is 0 Å². The van der Waals surface area contributed by atoms with Gasteiger partial charge in [0.25, 0.3) is 0 Å². The first kappa shape index (κ1) is 12.2. The highest BCUT2D eigenvalue weighted by atomic mass is 79.9. The van der Waals surface area contributed by atoms with E-state index in [4.69, 9.17) is 27.9 Å². The molecule has 2 unspecified atom stereocenters. The van der Waals surface area contributed by atoms with E-state index in [2.05, 4.69) is 15.9 Å². The molecule has 5 heteroatoms. The molecule has 0 N–H and O–H groups in total. The van der Waals surface area contributed by atoms with Crippen LogP contribution >= 0.6 is 50.5 Å². The van der Waals surface area contributed by atoms with Crippen LogP contribution in [0.2, 0.25) is 5.02 Å². The Morgan fingerprint density at radius 1 is 1.60 bits per heavy atom. The first-order chi connectivity index (χ1) is 7.18. The summed E-state index contributed by atoms with van der Waals surface area (Å²) in [7, 11) is 0. The molecular weight excluding hydrogens is 319 g/mol. The molecule has 2 rings (SSSR count). The Balaban J connectivity index is 2.08. The van der Waals surface area contributed by atoms with Gasteiger partial charge in [0.2, 0.25) is 0 Å². The maximum atomic E-state index is 6.42. The highest BCUT2D eigenvalue weighted by Crippen LogP contribution is 2.42. The van der Waals surface area contributed by atoms with Gasteiger partial charge in [0.1, 0.15) is 0 Å². The van der Waals surface area contributed by atoms with Crippen molar-refractivity contribution in [1.82, 2.24) is 0 Å². The Kier molecular flexibility index (Phi) is 4.36. The predicted octanol–water partition coefficient (Wildman–Crippen LogP) is 4.87. The number of thiophene rings is 1. The normalized spacial score (nSPS) is 24.1. The molecule has 0 aromatic carbocycles. The minimum atomic E-state index is 0.0269. The standard InChI is InChI=1S/C10H11BrCl2OS/c11-10-7(12)4-8(15-10)9(13)6-2-1-3-14-5-6/h4,6,9H,1-3,5H2. The molecule has 0 spiro atoms. The van der Waals surface area contributed by atoms with E-state index in [0.29, 0.717) is 5.92 Å². The third-order valence-electron chi connectivity index (χ3n) is 2.55. The molecule has 1 saturated heterocycles. The molecule has 84 valence electrons. The van der Waals surface area contributed by atoms with Crippen LogP contribution in [0.4, 0.5) is 0 Å². The lowest BCUT2D eigenvalue weighted by Crippen LogP contribution is -2.20. The molecule has 15 heavy (non-hydrogen) atoms. The summed E-state index contributed by atoms with van der Waals surface area (Å²) >= 11 is 17.4. The predicted molar refractivity (Wildman–Crippen MR) is 69.2 cm³/mol. The molecule has 0 radical (unpaired) electrons. The van der Waals surface area contributed by atoms with Gasteiger partial charge in [0.05, 0.1) is 20.8 Å². The molecule has 1 aliphatic rings. The van der Waals surface area contributed by atoms with E-state index < -0.39 is 0 Å². The average molecular weight is 330 g/mol. The average Bonchev–Trinajstić information content (AvgIpc) is 2.59. The van der Waals surface area contributed by atoms with E-state index in [1.54, 1.807) is 11.3 Å². The van der Waals surface area contributed by atoms with E-state index in [1.165, 1.54) is 0 Å². The van der Waals surface area contributed by atoms with Crippen LogP contribution in [0.1, 0.15) is 23.1 Å². The Hall–Kier alpha value is 0.720. The number of alkyl halides is 1. The van der Waals surface area contributed by atoms with E-state index in [0.717, 1.165) is 39.7 Å². The van der Waals surface area contributed by atoms with Gasteiger partial charge >= 0.3 is 0 Å². The van der Waals surface area contributed by atoms with Gasteiger partial charge in [0, 0.05) is 17.4 Å². The molecule has 1 nitrogen and oxygen atoms in total. The molecule has 0 amide bonds. The minimum Gasteiger partial charge on any atom is -0.381 e. The summed E-state index contributed by atoms with van der Waals surface area (Å²) in [5, 5.41) is 0.775. The molecule has 1 aromatic heterocycles. The first-order valence-electron chi connectivity index (χ1n) is 4.85. The lowest BCUT2D eigenvalue weighted by molar-refractivity contribution is 0.0534. The summed E-state index contributed by atoms with van der Waals surface area (Å²) < 4.78 is 6.40. The van der Waals surface area contributed by atoms with Gasteiger partial charge in [-0.05, 0) is 34.8 Å². The topological polar surface area (TPSA) is 9.23 Å². The van der Waals surface area contributed by atoms with Crippen molar-refractivity contribution in [2.24, 2.45) is 5.92 Å². The van der Waals surface area contributed by atoms with Crippen molar-refractivity contribution in [3.05, 3.63) is 19.8 Å². The summed E-state index contributed by atoms with van der Waals surface area (Å²) in [6.07, 6.45) is 2.25. The zero-order valence-electron chi connectivity index (χ0n) is 8.01. The molecular formula is C10H11BrCl2OS. The summed E-state index contributed by atoms with van der Waals surface area (Å²) in [6, 6.07) is 1.95. The Morgan fingerprint density at radius 2 is 2.40 bits per heavy atom. The maximum Gasteiger partial charge on any atom is 0.0887 e. The molecule has 2 heterocycles. The van der Waals surface area contributed by atoms with Crippen LogP contribution in [-0.2, 0) is 4.74 Å². The highest BCUT2D eigenvalue weighted by Gasteiger charge is 2.25. The number of hydrogen-bond acceptors (Lipinski definition) is 2. The summed E-state index contributed by atoms with van der Waals surface area (Å²) in [6.45, 7) is 1.64. The van der Waals surface area contributed by atoms with Crippen LogP contribution in [-0.4, -0.2) is 13.2 Å². The molecule has 0 saturated carbocycles. The van der Waals surface area contributed by atoms with Crippen LogP contribution < -0.4 is 0 Å². The Labute approximate surface area is 112 Å². The van der Waals surface area contributed by atoms with E-state index in [1.807, 2.05) is 6.07 Å². The van der Waals surface area contributed by atoms with Crippen molar-refractivity contribution >= 4 is 50.5 Å². The molecule has 1 aromatic rings. The lowest BCUT2D eigenvalue weighted by Gasteiger charge is -2.25. The smallest absolute Gasteiger partial charge is 0.0887 e. The molecule has 0 aliphatic carbocycles. The monoisotopic (exact) mass is 328 g/mol. The van der Waals surface area contributed by atoms with E-state index >= 15 is 0 Å². The summed E-state index contributed by atoms with van der Waals surface area (Å²) in [5.74, 6) is 0.419. The van der Waals surface area contributed by atoms with Gasteiger partial charge in [-0.3, -0.25) is 0 Å². The van der Waals surface area contributed by atoms with Gasteiger partial charge in [-0.25, -0.2) is 0 Å². The van der Waals surface area contributed by atoms with Crippen LogP contribution in [0.5, 0.6) is 0 Å². The zero-order chi connectivity index (χ0) is 10.8. The number of halogens is 3. The van der Waals surface area contributed by atoms with Crippen LogP contribution in [0, 0.1) is 5.92 Å². The van der Waals surface area contributed by atoms with Crippen molar-refractivity contribution in [2.45, 2.75) is 18.2 Å². The second-order valence-corrected chi connectivity index (χ2v) is 6.93. The van der Waals surface area contributed by atoms with Gasteiger partial charge in [-0.2, -0.15) is 0 Å². The third kappa shape index (κ3) is 2.89. The van der Waals surface area contributed by atoms with Crippen LogP contribution in [0.3, 0.4) is 0 Å². The molecule has 0 bridgehead atoms. The second-order valence-electron chi connectivity index (χ2n) is 3.65. The lowest BCUT2D eigenvalue weighted by atomic mass is 9.97. The fraction of sp³-hybridized carbons (Fsp3) is 0.600. The van der Waals surface area contributed by atoms with Gasteiger partial charge in [0.15, 0.2) is 0 Å². The zero-order valence-corrected chi connectivity index (χ0v) is 11.9. The molecule has 2 atom stereocenters. The van der Waals surface area contributed by atoms with Crippen molar-refractivity contribution in [3.8, 4) is 0 Å². The van der Waals surface area contributed by atoms with Crippen molar-refractivity contribution in [2.75, 3.05) is 13.2 Å². The summed E-state index contributed by atoms with van der Waals surface area (Å²) in [5.41, 5.74) is 0. The van der Waals surface area contributed by atoms with Gasteiger partial charge in [-0.15, -0.1) is 22.9 Å².